The van der Waals surface area contributed by atoms with Gasteiger partial charge in [-0.15, -0.1) is 0 Å². The van der Waals surface area contributed by atoms with Crippen molar-refractivity contribution >= 4 is 7.25 Å². The molecule has 2 N–H and O–H groups in total. The van der Waals surface area contributed by atoms with Gasteiger partial charge in [-0.3, -0.25) is 0 Å². The van der Waals surface area contributed by atoms with Crippen LogP contribution in [0.2, 0.25) is 0 Å². The molecule has 0 unspecified atom stereocenters. The van der Waals surface area contributed by atoms with Crippen molar-refractivity contribution < 1.29 is 42.2 Å². The van der Waals surface area contributed by atoms with Crippen molar-refractivity contribution in [2.24, 2.45) is 0 Å². The van der Waals surface area contributed by atoms with Crippen LogP contribution in [0.5, 0.6) is 0 Å². The van der Waals surface area contributed by atoms with E-state index in [1.165, 1.54) is 0 Å². The third-order valence-corrected chi connectivity index (χ3v) is 0. The Morgan fingerprint density at radius 3 is 0.857 bits per heavy atom. The van der Waals surface area contributed by atoms with E-state index in [0.717, 1.165) is 0 Å². The maximum absolute atomic E-state index is 9.75. The summed E-state index contributed by atoms with van der Waals surface area (Å²) in [5, 5.41) is 0. The van der Waals surface area contributed by atoms with Gasteiger partial charge in [0.1, 0.15) is 0 Å². The first-order chi connectivity index (χ1) is 2.00. The molecule has 1 radical (unpaired) electrons. The summed E-state index contributed by atoms with van der Waals surface area (Å²) >= 11 is 0. The third-order valence-electron chi connectivity index (χ3n) is 0. The van der Waals surface area contributed by atoms with Crippen LogP contribution in [0.1, 0.15) is 0 Å². The SMILES string of the molecule is F[B-](F)(F)F.O.[Rh]. The average Bonchev–Trinajstić information content (AvgIpc) is 0.722. The van der Waals surface area contributed by atoms with Gasteiger partial charge in [0.25, 0.3) is 0 Å². The summed E-state index contributed by atoms with van der Waals surface area (Å²) in [6, 6.07) is 0. The molecule has 0 saturated carbocycles. The molecule has 1 nitrogen and oxygen atoms in total. The molecule has 0 aromatic heterocycles. The van der Waals surface area contributed by atoms with E-state index >= 15 is 0 Å². The Morgan fingerprint density at radius 1 is 0.857 bits per heavy atom. The second kappa shape index (κ2) is 4.53. The first kappa shape index (κ1) is 15.7. The van der Waals surface area contributed by atoms with Gasteiger partial charge in [0, 0.05) is 19.5 Å². The molecule has 7 heteroatoms. The largest absolute Gasteiger partial charge is 0.673 e. The van der Waals surface area contributed by atoms with Crippen LogP contribution in [0, 0.1) is 0 Å². The zero-order valence-corrected chi connectivity index (χ0v) is 4.56. The Bertz CT molecular complexity index is 27.2. The van der Waals surface area contributed by atoms with Gasteiger partial charge < -0.3 is 22.7 Å². The van der Waals surface area contributed by atoms with Crippen LogP contribution in [0.3, 0.4) is 0 Å². The van der Waals surface area contributed by atoms with Crippen molar-refractivity contribution in [2.75, 3.05) is 0 Å². The van der Waals surface area contributed by atoms with Crippen LogP contribution < -0.4 is 0 Å². The molecule has 0 amide bonds. The van der Waals surface area contributed by atoms with Crippen molar-refractivity contribution in [2.45, 2.75) is 0 Å². The Morgan fingerprint density at radius 2 is 0.857 bits per heavy atom. The van der Waals surface area contributed by atoms with Crippen molar-refractivity contribution in [3.05, 3.63) is 0 Å². The van der Waals surface area contributed by atoms with Crippen LogP contribution >= 0.6 is 0 Å². The number of rotatable bonds is 0. The summed E-state index contributed by atoms with van der Waals surface area (Å²) in [6.45, 7) is 0. The standard InChI is InChI=1S/BF4.H2O.Rh/c2-1(3,4)5;;/h;1H2;/q-1;;. The normalized spacial score (nSPS) is 8.57. The summed E-state index contributed by atoms with van der Waals surface area (Å²) in [5.41, 5.74) is 0. The molecule has 0 fully saturated rings. The molecule has 0 heterocycles. The van der Waals surface area contributed by atoms with Crippen LogP contribution in [0.25, 0.3) is 0 Å². The first-order valence-corrected chi connectivity index (χ1v) is 0.873. The Labute approximate surface area is 50.3 Å². The molecular weight excluding hydrogens is 206 g/mol. The minimum Gasteiger partial charge on any atom is -0.418 e. The molecule has 0 aliphatic heterocycles. The van der Waals surface area contributed by atoms with Gasteiger partial charge in [0.05, 0.1) is 0 Å². The van der Waals surface area contributed by atoms with Crippen LogP contribution in [0.4, 0.5) is 17.3 Å². The van der Waals surface area contributed by atoms with Gasteiger partial charge in [-0.25, -0.2) is 0 Å². The van der Waals surface area contributed by atoms with Gasteiger partial charge in [0.2, 0.25) is 0 Å². The molecule has 0 aromatic carbocycles. The summed E-state index contributed by atoms with van der Waals surface area (Å²) in [5.74, 6) is 0. The third kappa shape index (κ3) is 896. The summed E-state index contributed by atoms with van der Waals surface area (Å²) in [6.07, 6.45) is 0. The molecule has 0 atom stereocenters. The van der Waals surface area contributed by atoms with Crippen molar-refractivity contribution in [3.8, 4) is 0 Å². The number of halogens is 4. The Balaban J connectivity index is -0.0000000800. The zero-order chi connectivity index (χ0) is 4.50. The van der Waals surface area contributed by atoms with Gasteiger partial charge >= 0.3 is 7.25 Å². The van der Waals surface area contributed by atoms with Crippen molar-refractivity contribution in [3.63, 3.8) is 0 Å². The van der Waals surface area contributed by atoms with E-state index in [4.69, 9.17) is 0 Å². The van der Waals surface area contributed by atoms with E-state index in [0.29, 0.717) is 0 Å². The van der Waals surface area contributed by atoms with E-state index < -0.39 is 7.25 Å². The summed E-state index contributed by atoms with van der Waals surface area (Å²) < 4.78 is 39.0. The number of hydrogen-bond acceptors (Lipinski definition) is 0. The van der Waals surface area contributed by atoms with E-state index in [-0.39, 0.29) is 25.0 Å². The molecule has 0 saturated heterocycles. The molecule has 49 valence electrons. The maximum Gasteiger partial charge on any atom is 0.673 e. The fraction of sp³-hybridized carbons (Fsp3) is 0. The monoisotopic (exact) mass is 208 g/mol. The fourth-order valence-corrected chi connectivity index (χ4v) is 0. The van der Waals surface area contributed by atoms with Crippen molar-refractivity contribution in [1.29, 1.82) is 0 Å². The van der Waals surface area contributed by atoms with Gasteiger partial charge in [-0.05, 0) is 0 Å². The predicted molar refractivity (Wildman–Crippen MR) is 13.8 cm³/mol. The van der Waals surface area contributed by atoms with Gasteiger partial charge in [-0.1, -0.05) is 0 Å². The predicted octanol–water partition coefficient (Wildman–Crippen LogP) is 0.473. The topological polar surface area (TPSA) is 31.5 Å². The molecule has 0 spiro atoms. The van der Waals surface area contributed by atoms with Crippen molar-refractivity contribution in [1.82, 2.24) is 0 Å². The quantitative estimate of drug-likeness (QED) is 0.409. The molecule has 0 bridgehead atoms. The molecule has 0 aliphatic rings. The van der Waals surface area contributed by atoms with Crippen LogP contribution in [0.15, 0.2) is 0 Å². The molecule has 0 aromatic rings. The first-order valence-electron chi connectivity index (χ1n) is 0.873. The van der Waals surface area contributed by atoms with E-state index in [1.54, 1.807) is 0 Å². The second-order valence-electron chi connectivity index (χ2n) is 0.495. The van der Waals surface area contributed by atoms with Gasteiger partial charge in [-0.2, -0.15) is 0 Å². The zero-order valence-electron chi connectivity index (χ0n) is 2.92. The molecule has 0 rings (SSSR count). The summed E-state index contributed by atoms with van der Waals surface area (Å²) in [4.78, 5) is 0. The van der Waals surface area contributed by atoms with Crippen LogP contribution in [-0.2, 0) is 19.5 Å². The molecule has 7 heavy (non-hydrogen) atoms. The smallest absolute Gasteiger partial charge is 0.418 e. The number of hydrogen-bond donors (Lipinski definition) is 0. The van der Waals surface area contributed by atoms with Crippen LogP contribution in [-0.4, -0.2) is 12.7 Å². The second-order valence-corrected chi connectivity index (χ2v) is 0.495. The van der Waals surface area contributed by atoms with Gasteiger partial charge in [0.15, 0.2) is 0 Å². The van der Waals surface area contributed by atoms with E-state index in [1.807, 2.05) is 0 Å². The Hall–Kier alpha value is 0.368. The molecular formula is H2BF4ORh-. The summed E-state index contributed by atoms with van der Waals surface area (Å²) in [7, 11) is -6.00. The fourth-order valence-electron chi connectivity index (χ4n) is 0. The molecule has 0 aliphatic carbocycles. The minimum atomic E-state index is -6.00. The van der Waals surface area contributed by atoms with E-state index in [9.17, 15) is 17.3 Å². The minimum absolute atomic E-state index is 0. The Kier molecular flexibility index (Phi) is 10.1. The average molecular weight is 208 g/mol. The van der Waals surface area contributed by atoms with E-state index in [2.05, 4.69) is 0 Å². The maximum atomic E-state index is 9.75.